The van der Waals surface area contributed by atoms with Crippen LogP contribution in [-0.4, -0.2) is 6.61 Å². The van der Waals surface area contributed by atoms with Crippen LogP contribution >= 0.6 is 11.6 Å². The predicted octanol–water partition coefficient (Wildman–Crippen LogP) is 4.22. The minimum Gasteiger partial charge on any atom is -0.494 e. The fraction of sp³-hybridized carbons (Fsp3) is 0.188. The van der Waals surface area contributed by atoms with Crippen LogP contribution in [0.3, 0.4) is 0 Å². The van der Waals surface area contributed by atoms with Crippen molar-refractivity contribution in [3.63, 3.8) is 0 Å². The summed E-state index contributed by atoms with van der Waals surface area (Å²) in [7, 11) is 0. The van der Waals surface area contributed by atoms with Gasteiger partial charge in [0, 0.05) is 17.1 Å². The Labute approximate surface area is 123 Å². The molecular weight excluding hydrogens is 272 g/mol. The molecule has 0 radical (unpaired) electrons. The molecule has 0 fully saturated rings. The molecule has 0 aliphatic rings. The highest BCUT2D eigenvalue weighted by Crippen LogP contribution is 2.23. The minimum atomic E-state index is 0.572. The Morgan fingerprint density at radius 2 is 2.05 bits per heavy atom. The van der Waals surface area contributed by atoms with Gasteiger partial charge in [-0.1, -0.05) is 29.8 Å². The van der Waals surface area contributed by atoms with Gasteiger partial charge in [-0.25, -0.2) is 0 Å². The normalized spacial score (nSPS) is 9.85. The van der Waals surface area contributed by atoms with Crippen LogP contribution in [0.1, 0.15) is 18.1 Å². The summed E-state index contributed by atoms with van der Waals surface area (Å²) in [4.78, 5) is 0. The molecule has 2 aromatic carbocycles. The Balaban J connectivity index is 2.17. The van der Waals surface area contributed by atoms with E-state index in [-0.39, 0.29) is 0 Å². The summed E-state index contributed by atoms with van der Waals surface area (Å²) in [5, 5.41) is 12.9. The van der Waals surface area contributed by atoms with Crippen molar-refractivity contribution in [3.8, 4) is 11.8 Å². The number of ether oxygens (including phenoxy) is 1. The van der Waals surface area contributed by atoms with E-state index >= 15 is 0 Å². The maximum atomic E-state index is 9.09. The second-order valence-corrected chi connectivity index (χ2v) is 4.63. The van der Waals surface area contributed by atoms with Crippen molar-refractivity contribution in [2.75, 3.05) is 11.9 Å². The quantitative estimate of drug-likeness (QED) is 0.895. The molecule has 4 heteroatoms. The summed E-state index contributed by atoms with van der Waals surface area (Å²) in [6.07, 6.45) is 0. The first-order chi connectivity index (χ1) is 9.74. The Morgan fingerprint density at radius 1 is 1.25 bits per heavy atom. The standard InChI is InChI=1S/C16H15ClN2O/c1-2-20-16-6-4-3-5-13(16)11-19-15-9-14(17)8-7-12(15)10-18/h3-9,19H,2,11H2,1H3. The monoisotopic (exact) mass is 286 g/mol. The molecule has 0 spiro atoms. The molecular formula is C16H15ClN2O. The maximum Gasteiger partial charge on any atom is 0.124 e. The summed E-state index contributed by atoms with van der Waals surface area (Å²) in [6, 6.07) is 15.1. The van der Waals surface area contributed by atoms with Gasteiger partial charge in [0.2, 0.25) is 0 Å². The van der Waals surface area contributed by atoms with Crippen molar-refractivity contribution in [2.24, 2.45) is 0 Å². The Hall–Kier alpha value is -2.18. The van der Waals surface area contributed by atoms with Crippen LogP contribution in [0.15, 0.2) is 42.5 Å². The second-order valence-electron chi connectivity index (χ2n) is 4.20. The summed E-state index contributed by atoms with van der Waals surface area (Å²) < 4.78 is 5.57. The van der Waals surface area contributed by atoms with E-state index < -0.39 is 0 Å². The number of anilines is 1. The molecule has 1 N–H and O–H groups in total. The van der Waals surface area contributed by atoms with Crippen molar-refractivity contribution in [1.29, 1.82) is 5.26 Å². The lowest BCUT2D eigenvalue weighted by atomic mass is 10.1. The van der Waals surface area contributed by atoms with Gasteiger partial charge in [-0.2, -0.15) is 5.26 Å². The summed E-state index contributed by atoms with van der Waals surface area (Å²) in [6.45, 7) is 3.15. The number of hydrogen-bond donors (Lipinski definition) is 1. The fourth-order valence-corrected chi connectivity index (χ4v) is 2.07. The van der Waals surface area contributed by atoms with E-state index in [0.717, 1.165) is 17.0 Å². The lowest BCUT2D eigenvalue weighted by Gasteiger charge is -2.12. The number of nitriles is 1. The summed E-state index contributed by atoms with van der Waals surface area (Å²) in [5.41, 5.74) is 2.34. The highest BCUT2D eigenvalue weighted by molar-refractivity contribution is 6.30. The first kappa shape index (κ1) is 14.2. The molecule has 0 aliphatic carbocycles. The number of para-hydroxylation sites is 1. The molecule has 0 saturated heterocycles. The van der Waals surface area contributed by atoms with Gasteiger partial charge in [0.25, 0.3) is 0 Å². The SMILES string of the molecule is CCOc1ccccc1CNc1cc(Cl)ccc1C#N. The van der Waals surface area contributed by atoms with Gasteiger partial charge in [0.05, 0.1) is 17.9 Å². The van der Waals surface area contributed by atoms with Gasteiger partial charge in [0.15, 0.2) is 0 Å². The molecule has 0 heterocycles. The molecule has 0 amide bonds. The fourth-order valence-electron chi connectivity index (χ4n) is 1.90. The third kappa shape index (κ3) is 3.43. The topological polar surface area (TPSA) is 45.0 Å². The van der Waals surface area contributed by atoms with E-state index in [1.54, 1.807) is 18.2 Å². The van der Waals surface area contributed by atoms with E-state index in [1.165, 1.54) is 0 Å². The number of benzene rings is 2. The van der Waals surface area contributed by atoms with E-state index in [2.05, 4.69) is 11.4 Å². The van der Waals surface area contributed by atoms with Crippen LogP contribution < -0.4 is 10.1 Å². The molecule has 0 aliphatic heterocycles. The van der Waals surface area contributed by atoms with Crippen molar-refractivity contribution in [3.05, 3.63) is 58.6 Å². The number of halogens is 1. The lowest BCUT2D eigenvalue weighted by Crippen LogP contribution is -2.04. The zero-order chi connectivity index (χ0) is 14.4. The highest BCUT2D eigenvalue weighted by atomic mass is 35.5. The number of rotatable bonds is 5. The average Bonchev–Trinajstić information content (AvgIpc) is 2.47. The largest absolute Gasteiger partial charge is 0.494 e. The van der Waals surface area contributed by atoms with Crippen LogP contribution in [0.2, 0.25) is 5.02 Å². The highest BCUT2D eigenvalue weighted by Gasteiger charge is 2.05. The maximum absolute atomic E-state index is 9.09. The van der Waals surface area contributed by atoms with E-state index in [1.807, 2.05) is 31.2 Å². The summed E-state index contributed by atoms with van der Waals surface area (Å²) in [5.74, 6) is 0.850. The van der Waals surface area contributed by atoms with E-state index in [4.69, 9.17) is 21.6 Å². The average molecular weight is 287 g/mol. The Morgan fingerprint density at radius 3 is 2.80 bits per heavy atom. The number of hydrogen-bond acceptors (Lipinski definition) is 3. The van der Waals surface area contributed by atoms with Crippen LogP contribution in [0.4, 0.5) is 5.69 Å². The van der Waals surface area contributed by atoms with Gasteiger partial charge in [-0.05, 0) is 31.2 Å². The van der Waals surface area contributed by atoms with Crippen LogP contribution in [-0.2, 0) is 6.54 Å². The molecule has 0 saturated carbocycles. The van der Waals surface area contributed by atoms with E-state index in [9.17, 15) is 0 Å². The van der Waals surface area contributed by atoms with Gasteiger partial charge >= 0.3 is 0 Å². The zero-order valence-electron chi connectivity index (χ0n) is 11.2. The molecule has 3 nitrogen and oxygen atoms in total. The molecule has 102 valence electrons. The van der Waals surface area contributed by atoms with Crippen LogP contribution in [0.25, 0.3) is 0 Å². The Bertz CT molecular complexity index is 635. The molecule has 0 atom stereocenters. The number of nitrogens with one attached hydrogen (secondary N) is 1. The first-order valence-electron chi connectivity index (χ1n) is 6.38. The van der Waals surface area contributed by atoms with Gasteiger partial charge in [-0.3, -0.25) is 0 Å². The Kier molecular flexibility index (Phi) is 4.86. The molecule has 0 bridgehead atoms. The number of nitrogens with zero attached hydrogens (tertiary/aromatic N) is 1. The van der Waals surface area contributed by atoms with E-state index in [0.29, 0.717) is 23.7 Å². The summed E-state index contributed by atoms with van der Waals surface area (Å²) >= 11 is 5.96. The molecule has 20 heavy (non-hydrogen) atoms. The minimum absolute atomic E-state index is 0.572. The van der Waals surface area contributed by atoms with Crippen molar-refractivity contribution in [2.45, 2.75) is 13.5 Å². The van der Waals surface area contributed by atoms with Gasteiger partial charge < -0.3 is 10.1 Å². The van der Waals surface area contributed by atoms with Crippen molar-refractivity contribution < 1.29 is 4.74 Å². The third-order valence-electron chi connectivity index (χ3n) is 2.84. The molecule has 2 aromatic rings. The van der Waals surface area contributed by atoms with Crippen LogP contribution in [0, 0.1) is 11.3 Å². The zero-order valence-corrected chi connectivity index (χ0v) is 11.9. The molecule has 0 unspecified atom stereocenters. The molecule has 2 rings (SSSR count). The molecule has 0 aromatic heterocycles. The van der Waals surface area contributed by atoms with Gasteiger partial charge in [0.1, 0.15) is 11.8 Å². The van der Waals surface area contributed by atoms with Gasteiger partial charge in [-0.15, -0.1) is 0 Å². The third-order valence-corrected chi connectivity index (χ3v) is 3.08. The smallest absolute Gasteiger partial charge is 0.124 e. The predicted molar refractivity (Wildman–Crippen MR) is 81.1 cm³/mol. The van der Waals surface area contributed by atoms with Crippen molar-refractivity contribution in [1.82, 2.24) is 0 Å². The van der Waals surface area contributed by atoms with Crippen LogP contribution in [0.5, 0.6) is 5.75 Å². The first-order valence-corrected chi connectivity index (χ1v) is 6.76. The second kappa shape index (κ2) is 6.83. The lowest BCUT2D eigenvalue weighted by molar-refractivity contribution is 0.337. The van der Waals surface area contributed by atoms with Crippen molar-refractivity contribution >= 4 is 17.3 Å².